The molecule has 7 nitrogen and oxygen atoms in total. The molecule has 0 aliphatic heterocycles. The van der Waals surface area contributed by atoms with E-state index in [9.17, 15) is 0 Å². The fraction of sp³-hybridized carbons (Fsp3) is 0.273. The molecule has 0 radical (unpaired) electrons. The van der Waals surface area contributed by atoms with E-state index < -0.39 is 0 Å². The summed E-state index contributed by atoms with van der Waals surface area (Å²) in [6.45, 7) is 5.90. The zero-order valence-electron chi connectivity index (χ0n) is 16.6. The Hall–Kier alpha value is -3.48. The van der Waals surface area contributed by atoms with Crippen molar-refractivity contribution in [2.75, 3.05) is 11.9 Å². The second kappa shape index (κ2) is 7.16. The molecule has 4 aromatic heterocycles. The molecule has 1 aromatic carbocycles. The molecule has 0 amide bonds. The van der Waals surface area contributed by atoms with Gasteiger partial charge in [0, 0.05) is 30.9 Å². The van der Waals surface area contributed by atoms with Crippen molar-refractivity contribution in [3.8, 4) is 11.3 Å². The fourth-order valence-electron chi connectivity index (χ4n) is 3.71. The number of hydrogen-bond acceptors (Lipinski definition) is 5. The highest BCUT2D eigenvalue weighted by Gasteiger charge is 2.17. The average molecular weight is 385 g/mol. The minimum absolute atomic E-state index is 0.770. The summed E-state index contributed by atoms with van der Waals surface area (Å²) >= 11 is 0. The van der Waals surface area contributed by atoms with E-state index in [4.69, 9.17) is 10.1 Å². The van der Waals surface area contributed by atoms with Crippen LogP contribution in [0.3, 0.4) is 0 Å². The average Bonchev–Trinajstić information content (AvgIpc) is 3.38. The van der Waals surface area contributed by atoms with Crippen LogP contribution in [0.5, 0.6) is 0 Å². The summed E-state index contributed by atoms with van der Waals surface area (Å²) in [6, 6.07) is 12.2. The lowest BCUT2D eigenvalue weighted by molar-refractivity contribution is 0.677. The summed E-state index contributed by atoms with van der Waals surface area (Å²) in [5.41, 5.74) is 4.64. The number of unbranched alkanes of at least 4 members (excludes halogenated alkanes) is 1. The molecule has 0 saturated heterocycles. The number of aromatic nitrogens is 6. The van der Waals surface area contributed by atoms with Crippen LogP contribution in [-0.2, 0) is 6.54 Å². The van der Waals surface area contributed by atoms with Gasteiger partial charge in [0.25, 0.3) is 0 Å². The van der Waals surface area contributed by atoms with E-state index in [1.54, 1.807) is 0 Å². The molecule has 0 aliphatic rings. The third kappa shape index (κ3) is 2.90. The van der Waals surface area contributed by atoms with Crippen molar-refractivity contribution in [3.63, 3.8) is 0 Å². The van der Waals surface area contributed by atoms with Crippen LogP contribution in [0, 0.1) is 0 Å². The standard InChI is InChI=1S/C22H23N7/c1-3-5-11-23-21-16-13-24-22-17(14-25-28(22)4-2)20(16)29-19(26-21)12-18(27-29)15-9-7-6-8-10-15/h6-10,12-14H,3-5,11H2,1-2H3,(H,23,26). The van der Waals surface area contributed by atoms with Gasteiger partial charge in [0.2, 0.25) is 0 Å². The Labute approximate surface area is 168 Å². The number of anilines is 1. The van der Waals surface area contributed by atoms with Crippen molar-refractivity contribution < 1.29 is 0 Å². The van der Waals surface area contributed by atoms with Crippen molar-refractivity contribution >= 4 is 33.4 Å². The molecule has 5 rings (SSSR count). The molecule has 0 spiro atoms. The molecule has 0 aliphatic carbocycles. The highest BCUT2D eigenvalue weighted by atomic mass is 15.3. The lowest BCUT2D eigenvalue weighted by Gasteiger charge is -2.10. The van der Waals surface area contributed by atoms with Gasteiger partial charge in [-0.3, -0.25) is 0 Å². The van der Waals surface area contributed by atoms with Crippen LogP contribution in [0.15, 0.2) is 48.8 Å². The predicted molar refractivity (Wildman–Crippen MR) is 116 cm³/mol. The molecule has 0 unspecified atom stereocenters. The van der Waals surface area contributed by atoms with Crippen molar-refractivity contribution in [2.45, 2.75) is 33.2 Å². The quantitative estimate of drug-likeness (QED) is 0.435. The van der Waals surface area contributed by atoms with Crippen LogP contribution in [0.1, 0.15) is 26.7 Å². The van der Waals surface area contributed by atoms with Crippen LogP contribution in [0.25, 0.3) is 38.8 Å². The Balaban J connectivity index is 1.81. The Morgan fingerprint density at radius 3 is 2.69 bits per heavy atom. The molecule has 146 valence electrons. The van der Waals surface area contributed by atoms with Gasteiger partial charge >= 0.3 is 0 Å². The highest BCUT2D eigenvalue weighted by molar-refractivity contribution is 6.06. The summed E-state index contributed by atoms with van der Waals surface area (Å²) in [5, 5.41) is 14.8. The largest absolute Gasteiger partial charge is 0.369 e. The van der Waals surface area contributed by atoms with Gasteiger partial charge in [0.05, 0.1) is 28.2 Å². The number of rotatable bonds is 6. The molecule has 5 aromatic rings. The van der Waals surface area contributed by atoms with E-state index in [0.29, 0.717) is 0 Å². The third-order valence-electron chi connectivity index (χ3n) is 5.21. The van der Waals surface area contributed by atoms with E-state index in [1.165, 1.54) is 0 Å². The smallest absolute Gasteiger partial charge is 0.159 e. The SMILES string of the molecule is CCCCNc1nc2cc(-c3ccccc3)nn2c2c1cnc1c2cnn1CC. The second-order valence-electron chi connectivity index (χ2n) is 7.12. The molecule has 4 heterocycles. The minimum Gasteiger partial charge on any atom is -0.369 e. The van der Waals surface area contributed by atoms with Gasteiger partial charge in [-0.05, 0) is 13.3 Å². The molecule has 1 N–H and O–H groups in total. The molecular weight excluding hydrogens is 362 g/mol. The molecule has 7 heteroatoms. The number of fused-ring (bicyclic) bond motifs is 5. The number of nitrogens with one attached hydrogen (secondary N) is 1. The van der Waals surface area contributed by atoms with Crippen molar-refractivity contribution in [1.82, 2.24) is 29.4 Å². The number of nitrogens with zero attached hydrogens (tertiary/aromatic N) is 6. The molecule has 0 fully saturated rings. The van der Waals surface area contributed by atoms with Gasteiger partial charge in [-0.2, -0.15) is 10.2 Å². The van der Waals surface area contributed by atoms with Crippen LogP contribution in [0.4, 0.5) is 5.82 Å². The maximum atomic E-state index is 4.90. The number of pyridine rings is 1. The van der Waals surface area contributed by atoms with Gasteiger partial charge in [-0.1, -0.05) is 43.7 Å². The summed E-state index contributed by atoms with van der Waals surface area (Å²) in [4.78, 5) is 9.56. The number of hydrogen-bond donors (Lipinski definition) is 1. The van der Waals surface area contributed by atoms with Crippen LogP contribution in [-0.4, -0.2) is 35.9 Å². The van der Waals surface area contributed by atoms with Crippen LogP contribution < -0.4 is 5.32 Å². The van der Waals surface area contributed by atoms with Gasteiger partial charge in [0.1, 0.15) is 5.82 Å². The van der Waals surface area contributed by atoms with Gasteiger partial charge in [-0.15, -0.1) is 0 Å². The Morgan fingerprint density at radius 2 is 1.90 bits per heavy atom. The van der Waals surface area contributed by atoms with E-state index in [2.05, 4.69) is 41.4 Å². The van der Waals surface area contributed by atoms with Gasteiger partial charge in [0.15, 0.2) is 11.3 Å². The predicted octanol–water partition coefficient (Wildman–Crippen LogP) is 4.53. The first kappa shape index (κ1) is 17.6. The Kier molecular flexibility index (Phi) is 4.35. The molecule has 0 bridgehead atoms. The van der Waals surface area contributed by atoms with E-state index in [-0.39, 0.29) is 0 Å². The summed E-state index contributed by atoms with van der Waals surface area (Å²) in [7, 11) is 0. The lowest BCUT2D eigenvalue weighted by atomic mass is 10.2. The number of aryl methyl sites for hydroxylation is 1. The van der Waals surface area contributed by atoms with Gasteiger partial charge in [-0.25, -0.2) is 19.2 Å². The summed E-state index contributed by atoms with van der Waals surface area (Å²) < 4.78 is 3.83. The molecule has 0 atom stereocenters. The molecule has 29 heavy (non-hydrogen) atoms. The van der Waals surface area contributed by atoms with E-state index in [0.717, 1.165) is 70.6 Å². The van der Waals surface area contributed by atoms with E-state index >= 15 is 0 Å². The Bertz CT molecular complexity index is 1300. The second-order valence-corrected chi connectivity index (χ2v) is 7.12. The van der Waals surface area contributed by atoms with Crippen LogP contribution in [0.2, 0.25) is 0 Å². The topological polar surface area (TPSA) is 72.9 Å². The van der Waals surface area contributed by atoms with Crippen LogP contribution >= 0.6 is 0 Å². The lowest BCUT2D eigenvalue weighted by Crippen LogP contribution is -2.06. The maximum Gasteiger partial charge on any atom is 0.159 e. The first-order valence-electron chi connectivity index (χ1n) is 10.1. The normalized spacial score (nSPS) is 11.7. The van der Waals surface area contributed by atoms with Crippen molar-refractivity contribution in [1.29, 1.82) is 0 Å². The summed E-state index contributed by atoms with van der Waals surface area (Å²) in [5.74, 6) is 0.846. The van der Waals surface area contributed by atoms with Crippen molar-refractivity contribution in [3.05, 3.63) is 48.8 Å². The zero-order chi connectivity index (χ0) is 19.8. The maximum absolute atomic E-state index is 4.90. The minimum atomic E-state index is 0.770. The Morgan fingerprint density at radius 1 is 1.03 bits per heavy atom. The monoisotopic (exact) mass is 385 g/mol. The number of benzene rings is 1. The van der Waals surface area contributed by atoms with Crippen molar-refractivity contribution in [2.24, 2.45) is 0 Å². The van der Waals surface area contributed by atoms with E-state index in [1.807, 2.05) is 45.9 Å². The fourth-order valence-corrected chi connectivity index (χ4v) is 3.71. The highest BCUT2D eigenvalue weighted by Crippen LogP contribution is 2.30. The molecular formula is C22H23N7. The summed E-state index contributed by atoms with van der Waals surface area (Å²) in [6.07, 6.45) is 5.99. The zero-order valence-corrected chi connectivity index (χ0v) is 16.6. The van der Waals surface area contributed by atoms with Gasteiger partial charge < -0.3 is 5.32 Å². The first-order chi connectivity index (χ1) is 14.3. The first-order valence-corrected chi connectivity index (χ1v) is 10.1. The third-order valence-corrected chi connectivity index (χ3v) is 5.21. The molecule has 0 saturated carbocycles.